The molecule has 2 rings (SSSR count). The summed E-state index contributed by atoms with van der Waals surface area (Å²) in [7, 11) is 0. The van der Waals surface area contributed by atoms with Gasteiger partial charge in [0.2, 0.25) is 0 Å². The quantitative estimate of drug-likeness (QED) is 0.783. The topological polar surface area (TPSA) is 29.1 Å². The van der Waals surface area contributed by atoms with E-state index in [9.17, 15) is 4.79 Å². The molecule has 1 N–H and O–H groups in total. The Morgan fingerprint density at radius 1 is 1.53 bits per heavy atom. The fourth-order valence-corrected chi connectivity index (χ4v) is 3.05. The van der Waals surface area contributed by atoms with Crippen molar-refractivity contribution in [3.63, 3.8) is 0 Å². The van der Waals surface area contributed by atoms with Crippen LogP contribution < -0.4 is 5.32 Å². The second-order valence-electron chi connectivity index (χ2n) is 4.03. The normalized spacial score (nSPS) is 16.9. The second kappa shape index (κ2) is 5.03. The lowest BCUT2D eigenvalue weighted by Gasteiger charge is -2.09. The van der Waals surface area contributed by atoms with Crippen LogP contribution in [-0.2, 0) is 0 Å². The first-order chi connectivity index (χ1) is 7.25. The van der Waals surface area contributed by atoms with Crippen molar-refractivity contribution in [2.45, 2.75) is 30.6 Å². The van der Waals surface area contributed by atoms with E-state index in [4.69, 9.17) is 0 Å². The molecule has 1 aromatic heterocycles. The van der Waals surface area contributed by atoms with Crippen molar-refractivity contribution in [1.29, 1.82) is 0 Å². The fraction of sp³-hybridized carbons (Fsp3) is 0.545. The van der Waals surface area contributed by atoms with Gasteiger partial charge in [0.1, 0.15) is 0 Å². The Morgan fingerprint density at radius 2 is 2.27 bits per heavy atom. The van der Waals surface area contributed by atoms with Crippen LogP contribution in [0.25, 0.3) is 0 Å². The van der Waals surface area contributed by atoms with Gasteiger partial charge in [-0.15, -0.1) is 24.0 Å². The van der Waals surface area contributed by atoms with Gasteiger partial charge in [0.05, 0.1) is 4.88 Å². The highest BCUT2D eigenvalue weighted by molar-refractivity contribution is 7.80. The van der Waals surface area contributed by atoms with Crippen molar-refractivity contribution in [2.24, 2.45) is 5.92 Å². The largest absolute Gasteiger partial charge is 0.351 e. The van der Waals surface area contributed by atoms with Gasteiger partial charge in [0, 0.05) is 16.8 Å². The van der Waals surface area contributed by atoms with Crippen molar-refractivity contribution in [3.8, 4) is 0 Å². The summed E-state index contributed by atoms with van der Waals surface area (Å²) in [6.07, 6.45) is 5.17. The SMILES string of the molecule is O=C(NCC1CCCC1)c1cc(S)cs1. The summed E-state index contributed by atoms with van der Waals surface area (Å²) in [6.45, 7) is 0.832. The van der Waals surface area contributed by atoms with Gasteiger partial charge >= 0.3 is 0 Å². The molecule has 15 heavy (non-hydrogen) atoms. The van der Waals surface area contributed by atoms with E-state index in [2.05, 4.69) is 17.9 Å². The lowest BCUT2D eigenvalue weighted by molar-refractivity contribution is 0.0951. The summed E-state index contributed by atoms with van der Waals surface area (Å²) in [6, 6.07) is 1.82. The fourth-order valence-electron chi connectivity index (χ4n) is 1.98. The number of nitrogens with one attached hydrogen (secondary N) is 1. The van der Waals surface area contributed by atoms with E-state index in [1.165, 1.54) is 37.0 Å². The van der Waals surface area contributed by atoms with E-state index in [0.717, 1.165) is 16.3 Å². The zero-order chi connectivity index (χ0) is 10.7. The number of carbonyl (C=O) groups excluding carboxylic acids is 1. The van der Waals surface area contributed by atoms with E-state index in [1.54, 1.807) is 0 Å². The monoisotopic (exact) mass is 241 g/mol. The van der Waals surface area contributed by atoms with Crippen LogP contribution in [0.1, 0.15) is 35.4 Å². The Bertz CT molecular complexity index is 342. The highest BCUT2D eigenvalue weighted by atomic mass is 32.1. The number of carbonyl (C=O) groups is 1. The Morgan fingerprint density at radius 3 is 2.87 bits per heavy atom. The van der Waals surface area contributed by atoms with Gasteiger partial charge < -0.3 is 5.32 Å². The van der Waals surface area contributed by atoms with Crippen LogP contribution in [0.3, 0.4) is 0 Å². The summed E-state index contributed by atoms with van der Waals surface area (Å²) in [4.78, 5) is 13.3. The van der Waals surface area contributed by atoms with Crippen molar-refractivity contribution in [1.82, 2.24) is 5.32 Å². The molecule has 0 spiro atoms. The summed E-state index contributed by atoms with van der Waals surface area (Å²) in [5.74, 6) is 0.747. The molecule has 4 heteroatoms. The number of thiophene rings is 1. The summed E-state index contributed by atoms with van der Waals surface area (Å²) >= 11 is 5.64. The predicted molar refractivity (Wildman–Crippen MR) is 65.9 cm³/mol. The minimum atomic E-state index is 0.0483. The summed E-state index contributed by atoms with van der Waals surface area (Å²) in [5, 5.41) is 4.87. The maximum absolute atomic E-state index is 11.7. The molecular weight excluding hydrogens is 226 g/mol. The van der Waals surface area contributed by atoms with E-state index >= 15 is 0 Å². The summed E-state index contributed by atoms with van der Waals surface area (Å²) < 4.78 is 0. The smallest absolute Gasteiger partial charge is 0.261 e. The second-order valence-corrected chi connectivity index (χ2v) is 5.46. The number of hydrogen-bond donors (Lipinski definition) is 2. The maximum atomic E-state index is 11.7. The third kappa shape index (κ3) is 2.98. The van der Waals surface area contributed by atoms with Gasteiger partial charge in [-0.05, 0) is 24.8 Å². The van der Waals surface area contributed by atoms with Gasteiger partial charge in [-0.25, -0.2) is 0 Å². The maximum Gasteiger partial charge on any atom is 0.261 e. The van der Waals surface area contributed by atoms with Crippen molar-refractivity contribution in [3.05, 3.63) is 16.3 Å². The predicted octanol–water partition coefficient (Wildman–Crippen LogP) is 2.96. The lowest BCUT2D eigenvalue weighted by Crippen LogP contribution is -2.27. The Hall–Kier alpha value is -0.480. The number of rotatable bonds is 3. The molecule has 0 unspecified atom stereocenters. The van der Waals surface area contributed by atoms with Crippen molar-refractivity contribution < 1.29 is 4.79 Å². The molecule has 1 fully saturated rings. The molecule has 1 aliphatic rings. The first-order valence-corrected chi connectivity index (χ1v) is 6.64. The Labute approximate surface area is 99.5 Å². The molecule has 1 heterocycles. The van der Waals surface area contributed by atoms with Gasteiger partial charge in [-0.1, -0.05) is 12.8 Å². The van der Waals surface area contributed by atoms with E-state index in [1.807, 2.05) is 11.4 Å². The molecule has 0 radical (unpaired) electrons. The number of thiol groups is 1. The van der Waals surface area contributed by atoms with Crippen LogP contribution in [0, 0.1) is 5.92 Å². The third-order valence-corrected chi connectivity index (χ3v) is 4.20. The zero-order valence-corrected chi connectivity index (χ0v) is 10.2. The molecule has 0 saturated heterocycles. The molecule has 1 saturated carbocycles. The molecule has 0 aromatic carbocycles. The minimum absolute atomic E-state index is 0.0483. The molecular formula is C11H15NOS2. The van der Waals surface area contributed by atoms with Crippen LogP contribution >= 0.6 is 24.0 Å². The third-order valence-electron chi connectivity index (χ3n) is 2.84. The summed E-state index contributed by atoms with van der Waals surface area (Å²) in [5.41, 5.74) is 0. The van der Waals surface area contributed by atoms with Gasteiger partial charge in [-0.2, -0.15) is 0 Å². The molecule has 82 valence electrons. The standard InChI is InChI=1S/C11H15NOS2/c13-11(10-5-9(14)7-15-10)12-6-8-3-1-2-4-8/h5,7-8,14H,1-4,6H2,(H,12,13). The van der Waals surface area contributed by atoms with Crippen LogP contribution in [0.15, 0.2) is 16.3 Å². The highest BCUT2D eigenvalue weighted by Crippen LogP contribution is 2.24. The van der Waals surface area contributed by atoms with E-state index < -0.39 is 0 Å². The minimum Gasteiger partial charge on any atom is -0.351 e. The first kappa shape index (κ1) is 11.0. The molecule has 0 aliphatic heterocycles. The van der Waals surface area contributed by atoms with Crippen molar-refractivity contribution >= 4 is 29.9 Å². The molecule has 1 aliphatic carbocycles. The van der Waals surface area contributed by atoms with E-state index in [0.29, 0.717) is 5.92 Å². The first-order valence-electron chi connectivity index (χ1n) is 5.31. The van der Waals surface area contributed by atoms with Crippen molar-refractivity contribution in [2.75, 3.05) is 6.54 Å². The molecule has 0 atom stereocenters. The van der Waals surface area contributed by atoms with Gasteiger partial charge in [0.15, 0.2) is 0 Å². The van der Waals surface area contributed by atoms with Crippen LogP contribution in [0.5, 0.6) is 0 Å². The van der Waals surface area contributed by atoms with Crippen LogP contribution in [0.2, 0.25) is 0 Å². The van der Waals surface area contributed by atoms with Crippen LogP contribution in [-0.4, -0.2) is 12.5 Å². The molecule has 0 bridgehead atoms. The number of amides is 1. The van der Waals surface area contributed by atoms with Gasteiger partial charge in [-0.3, -0.25) is 4.79 Å². The zero-order valence-electron chi connectivity index (χ0n) is 8.53. The van der Waals surface area contributed by atoms with E-state index in [-0.39, 0.29) is 5.91 Å². The molecule has 1 aromatic rings. The average molecular weight is 241 g/mol. The molecule has 1 amide bonds. The Balaban J connectivity index is 1.81. The van der Waals surface area contributed by atoms with Crippen LogP contribution in [0.4, 0.5) is 0 Å². The highest BCUT2D eigenvalue weighted by Gasteiger charge is 2.16. The van der Waals surface area contributed by atoms with Gasteiger partial charge in [0.25, 0.3) is 5.91 Å². The average Bonchev–Trinajstić information content (AvgIpc) is 2.84. The molecule has 2 nitrogen and oxygen atoms in total. The number of hydrogen-bond acceptors (Lipinski definition) is 3. The lowest BCUT2D eigenvalue weighted by atomic mass is 10.1. The Kier molecular flexibility index (Phi) is 3.70.